The molecule has 0 bridgehead atoms. The quantitative estimate of drug-likeness (QED) is 0.373. The normalized spacial score (nSPS) is 11.5. The van der Waals surface area contributed by atoms with Crippen LogP contribution in [0.4, 0.5) is 5.69 Å². The van der Waals surface area contributed by atoms with Gasteiger partial charge < -0.3 is 20.6 Å². The van der Waals surface area contributed by atoms with Gasteiger partial charge in [0.15, 0.2) is 5.84 Å². The van der Waals surface area contributed by atoms with E-state index in [1.54, 1.807) is 30.1 Å². The van der Waals surface area contributed by atoms with E-state index >= 15 is 0 Å². The summed E-state index contributed by atoms with van der Waals surface area (Å²) in [4.78, 5) is 1.99. The van der Waals surface area contributed by atoms with Crippen molar-refractivity contribution in [2.75, 3.05) is 19.1 Å². The number of aromatic nitrogens is 2. The van der Waals surface area contributed by atoms with Crippen molar-refractivity contribution >= 4 is 11.5 Å². The van der Waals surface area contributed by atoms with Crippen LogP contribution in [0, 0.1) is 0 Å². The third-order valence-electron chi connectivity index (χ3n) is 3.18. The molecule has 7 heteroatoms. The second-order valence-corrected chi connectivity index (χ2v) is 4.75. The number of benzene rings is 1. The Bertz CT molecular complexity index is 651. The SMILES string of the molecule is COc1ccc(/C(N)=N/O)c(N(C)Cc2cnn(C)c2)c1. The molecular weight excluding hydrogens is 270 g/mol. The van der Waals surface area contributed by atoms with Crippen molar-refractivity contribution < 1.29 is 9.94 Å². The summed E-state index contributed by atoms with van der Waals surface area (Å²) in [7, 11) is 5.40. The van der Waals surface area contributed by atoms with Gasteiger partial charge in [-0.2, -0.15) is 5.10 Å². The highest BCUT2D eigenvalue weighted by Gasteiger charge is 2.13. The van der Waals surface area contributed by atoms with E-state index in [2.05, 4.69) is 10.3 Å². The van der Waals surface area contributed by atoms with E-state index in [9.17, 15) is 0 Å². The van der Waals surface area contributed by atoms with E-state index < -0.39 is 0 Å². The molecular formula is C14H19N5O2. The van der Waals surface area contributed by atoms with E-state index in [4.69, 9.17) is 15.7 Å². The van der Waals surface area contributed by atoms with E-state index in [1.165, 1.54) is 0 Å². The van der Waals surface area contributed by atoms with Crippen LogP contribution in [-0.4, -0.2) is 35.0 Å². The monoisotopic (exact) mass is 289 g/mol. The Kier molecular flexibility index (Phi) is 4.32. The van der Waals surface area contributed by atoms with Gasteiger partial charge in [0, 0.05) is 44.0 Å². The summed E-state index contributed by atoms with van der Waals surface area (Å²) in [5.74, 6) is 0.767. The highest BCUT2D eigenvalue weighted by Crippen LogP contribution is 2.26. The number of amidine groups is 1. The zero-order chi connectivity index (χ0) is 15.4. The molecule has 2 aromatic rings. The third kappa shape index (κ3) is 3.25. The van der Waals surface area contributed by atoms with Crippen molar-refractivity contribution in [2.24, 2.45) is 17.9 Å². The summed E-state index contributed by atoms with van der Waals surface area (Å²) in [6.07, 6.45) is 3.75. The molecule has 0 aliphatic carbocycles. The van der Waals surface area contributed by atoms with E-state index in [-0.39, 0.29) is 5.84 Å². The molecule has 0 radical (unpaired) electrons. The average molecular weight is 289 g/mol. The van der Waals surface area contributed by atoms with Crippen LogP contribution in [0.5, 0.6) is 5.75 Å². The third-order valence-corrected chi connectivity index (χ3v) is 3.18. The first-order valence-corrected chi connectivity index (χ1v) is 6.39. The van der Waals surface area contributed by atoms with Gasteiger partial charge in [-0.1, -0.05) is 5.16 Å². The van der Waals surface area contributed by atoms with Gasteiger partial charge in [0.2, 0.25) is 0 Å². The fourth-order valence-electron chi connectivity index (χ4n) is 2.14. The Morgan fingerprint density at radius 3 is 2.86 bits per heavy atom. The van der Waals surface area contributed by atoms with Gasteiger partial charge in [0.1, 0.15) is 5.75 Å². The van der Waals surface area contributed by atoms with Gasteiger partial charge in [-0.25, -0.2) is 0 Å². The lowest BCUT2D eigenvalue weighted by Crippen LogP contribution is -2.22. The highest BCUT2D eigenvalue weighted by atomic mass is 16.5. The van der Waals surface area contributed by atoms with Crippen LogP contribution in [0.1, 0.15) is 11.1 Å². The zero-order valence-corrected chi connectivity index (χ0v) is 12.3. The van der Waals surface area contributed by atoms with Crippen LogP contribution in [0.25, 0.3) is 0 Å². The Balaban J connectivity index is 2.35. The molecule has 0 saturated heterocycles. The number of hydrogen-bond acceptors (Lipinski definition) is 5. The molecule has 0 atom stereocenters. The van der Waals surface area contributed by atoms with Crippen molar-refractivity contribution in [1.29, 1.82) is 0 Å². The fraction of sp³-hybridized carbons (Fsp3) is 0.286. The Morgan fingerprint density at radius 1 is 1.52 bits per heavy atom. The number of anilines is 1. The van der Waals surface area contributed by atoms with Crippen molar-refractivity contribution in [3.8, 4) is 5.75 Å². The van der Waals surface area contributed by atoms with Crippen molar-refractivity contribution in [3.63, 3.8) is 0 Å². The summed E-state index contributed by atoms with van der Waals surface area (Å²) < 4.78 is 6.99. The van der Waals surface area contributed by atoms with Crippen molar-refractivity contribution in [1.82, 2.24) is 9.78 Å². The van der Waals surface area contributed by atoms with Crippen LogP contribution in [0.3, 0.4) is 0 Å². The summed E-state index contributed by atoms with van der Waals surface area (Å²) in [5, 5.41) is 16.1. The number of nitrogens with zero attached hydrogens (tertiary/aromatic N) is 4. The Hall–Kier alpha value is -2.70. The lowest BCUT2D eigenvalue weighted by molar-refractivity contribution is 0.318. The second kappa shape index (κ2) is 6.17. The predicted octanol–water partition coefficient (Wildman–Crippen LogP) is 1.16. The number of oxime groups is 1. The largest absolute Gasteiger partial charge is 0.497 e. The van der Waals surface area contributed by atoms with E-state index in [1.807, 2.05) is 31.3 Å². The van der Waals surface area contributed by atoms with Crippen LogP contribution in [0.15, 0.2) is 35.7 Å². The molecule has 0 spiro atoms. The van der Waals surface area contributed by atoms with Gasteiger partial charge in [-0.05, 0) is 12.1 Å². The van der Waals surface area contributed by atoms with Crippen LogP contribution < -0.4 is 15.4 Å². The molecule has 1 heterocycles. The molecule has 1 aromatic carbocycles. The van der Waals surface area contributed by atoms with E-state index in [0.717, 1.165) is 11.3 Å². The number of methoxy groups -OCH3 is 1. The minimum absolute atomic E-state index is 0.0608. The maximum atomic E-state index is 8.91. The zero-order valence-electron chi connectivity index (χ0n) is 12.3. The van der Waals surface area contributed by atoms with Gasteiger partial charge in [0.25, 0.3) is 0 Å². The molecule has 2 rings (SSSR count). The summed E-state index contributed by atoms with van der Waals surface area (Å²) >= 11 is 0. The standard InChI is InChI=1S/C14H19N5O2/c1-18(8-10-7-16-19(2)9-10)13-6-11(21-3)4-5-12(13)14(15)17-20/h4-7,9,20H,8H2,1-3H3,(H2,15,17). The van der Waals surface area contributed by atoms with Gasteiger partial charge in [-0.15, -0.1) is 0 Å². The highest BCUT2D eigenvalue weighted by molar-refractivity contribution is 6.02. The molecule has 0 aliphatic rings. The van der Waals surface area contributed by atoms with Gasteiger partial charge in [0.05, 0.1) is 19.0 Å². The molecule has 112 valence electrons. The molecule has 21 heavy (non-hydrogen) atoms. The number of hydrogen-bond donors (Lipinski definition) is 2. The summed E-state index contributed by atoms with van der Waals surface area (Å²) in [5.41, 5.74) is 8.26. The first-order valence-electron chi connectivity index (χ1n) is 6.39. The smallest absolute Gasteiger partial charge is 0.172 e. The number of rotatable bonds is 5. The second-order valence-electron chi connectivity index (χ2n) is 4.75. The average Bonchev–Trinajstić information content (AvgIpc) is 2.90. The van der Waals surface area contributed by atoms with Crippen molar-refractivity contribution in [3.05, 3.63) is 41.7 Å². The molecule has 0 saturated carbocycles. The van der Waals surface area contributed by atoms with Crippen LogP contribution >= 0.6 is 0 Å². The molecule has 7 nitrogen and oxygen atoms in total. The van der Waals surface area contributed by atoms with Gasteiger partial charge >= 0.3 is 0 Å². The lowest BCUT2D eigenvalue weighted by Gasteiger charge is -2.22. The molecule has 0 unspecified atom stereocenters. The number of nitrogens with two attached hydrogens (primary N) is 1. The minimum atomic E-state index is 0.0608. The molecule has 1 aromatic heterocycles. The molecule has 0 amide bonds. The molecule has 3 N–H and O–H groups in total. The fourth-order valence-corrected chi connectivity index (χ4v) is 2.14. The number of ether oxygens (including phenoxy) is 1. The summed E-state index contributed by atoms with van der Waals surface area (Å²) in [6, 6.07) is 5.39. The predicted molar refractivity (Wildman–Crippen MR) is 80.8 cm³/mol. The van der Waals surface area contributed by atoms with Crippen LogP contribution in [-0.2, 0) is 13.6 Å². The number of aryl methyl sites for hydroxylation is 1. The van der Waals surface area contributed by atoms with Gasteiger partial charge in [-0.3, -0.25) is 4.68 Å². The lowest BCUT2D eigenvalue weighted by atomic mass is 10.1. The maximum absolute atomic E-state index is 8.91. The topological polar surface area (TPSA) is 88.9 Å². The molecule has 0 fully saturated rings. The minimum Gasteiger partial charge on any atom is -0.497 e. The Morgan fingerprint density at radius 2 is 2.29 bits per heavy atom. The Labute approximate surface area is 123 Å². The first kappa shape index (κ1) is 14.7. The summed E-state index contributed by atoms with van der Waals surface area (Å²) in [6.45, 7) is 0.646. The maximum Gasteiger partial charge on any atom is 0.172 e. The first-order chi connectivity index (χ1) is 10.0. The van der Waals surface area contributed by atoms with Crippen LogP contribution in [0.2, 0.25) is 0 Å². The molecule has 0 aliphatic heterocycles. The van der Waals surface area contributed by atoms with E-state index in [0.29, 0.717) is 17.9 Å². The van der Waals surface area contributed by atoms with Crippen molar-refractivity contribution in [2.45, 2.75) is 6.54 Å².